The lowest BCUT2D eigenvalue weighted by Crippen LogP contribution is -2.04. The maximum absolute atomic E-state index is 13.6. The van der Waals surface area contributed by atoms with Crippen molar-refractivity contribution in [3.63, 3.8) is 0 Å². The Balaban J connectivity index is 1.93. The highest BCUT2D eigenvalue weighted by atomic mass is 31.2. The van der Waals surface area contributed by atoms with Crippen molar-refractivity contribution in [3.8, 4) is 0 Å². The van der Waals surface area contributed by atoms with Gasteiger partial charge in [-0.2, -0.15) is 0 Å². The van der Waals surface area contributed by atoms with Gasteiger partial charge in [0.15, 0.2) is 5.85 Å². The van der Waals surface area contributed by atoms with E-state index < -0.39 is 13.0 Å². The Morgan fingerprint density at radius 2 is 1.35 bits per heavy atom. The molecule has 0 aliphatic heterocycles. The minimum Gasteiger partial charge on any atom is -0.466 e. The molecule has 0 aliphatic carbocycles. The molecule has 3 aromatic rings. The summed E-state index contributed by atoms with van der Waals surface area (Å²) in [4.78, 5) is 0. The van der Waals surface area contributed by atoms with E-state index in [2.05, 4.69) is 0 Å². The predicted octanol–water partition coefficient (Wildman–Crippen LogP) is 5.03. The summed E-state index contributed by atoms with van der Waals surface area (Å²) in [7, 11) is -2.98. The maximum Gasteiger partial charge on any atom is 0.165 e. The van der Waals surface area contributed by atoms with E-state index in [4.69, 9.17) is 4.42 Å². The summed E-state index contributed by atoms with van der Waals surface area (Å²) < 4.78 is 18.9. The van der Waals surface area contributed by atoms with Crippen LogP contribution in [0.5, 0.6) is 0 Å². The summed E-state index contributed by atoms with van der Waals surface area (Å²) in [5, 5.41) is 10.7. The van der Waals surface area contributed by atoms with Crippen molar-refractivity contribution < 1.29 is 14.1 Å². The van der Waals surface area contributed by atoms with Gasteiger partial charge in [-0.25, -0.2) is 0 Å². The summed E-state index contributed by atoms with van der Waals surface area (Å²) in [6.07, 6.45) is 2.17. The number of benzene rings is 2. The Morgan fingerprint density at radius 3 is 1.78 bits per heavy atom. The third-order valence-electron chi connectivity index (χ3n) is 3.83. The fourth-order valence-corrected chi connectivity index (χ4v) is 5.41. The standard InChI is InChI=1S/C19H19O3P/c20-19(18-12-7-13-22-18)23(21,14-16-8-3-1-4-9-16)15-17-10-5-2-6-11-17/h1-13,19-20H,14-15H2. The average Bonchev–Trinajstić information content (AvgIpc) is 3.10. The molecule has 23 heavy (non-hydrogen) atoms. The van der Waals surface area contributed by atoms with E-state index in [1.165, 1.54) is 6.26 Å². The molecule has 0 aliphatic rings. The largest absolute Gasteiger partial charge is 0.466 e. The highest BCUT2D eigenvalue weighted by molar-refractivity contribution is 7.62. The predicted molar refractivity (Wildman–Crippen MR) is 91.6 cm³/mol. The Morgan fingerprint density at radius 1 is 0.826 bits per heavy atom. The SMILES string of the molecule is O=P(Cc1ccccc1)(Cc1ccccc1)C(O)c1ccco1. The first kappa shape index (κ1) is 15.8. The van der Waals surface area contributed by atoms with Crippen LogP contribution < -0.4 is 0 Å². The molecule has 3 nitrogen and oxygen atoms in total. The summed E-state index contributed by atoms with van der Waals surface area (Å²) in [5.41, 5.74) is 1.91. The van der Waals surface area contributed by atoms with Crippen molar-refractivity contribution in [3.05, 3.63) is 95.9 Å². The number of aliphatic hydroxyl groups is 1. The second-order valence-corrected chi connectivity index (χ2v) is 8.66. The first-order chi connectivity index (χ1) is 11.2. The van der Waals surface area contributed by atoms with Crippen molar-refractivity contribution in [2.45, 2.75) is 18.2 Å². The molecule has 3 rings (SSSR count). The van der Waals surface area contributed by atoms with E-state index in [0.29, 0.717) is 18.1 Å². The van der Waals surface area contributed by atoms with Gasteiger partial charge in [-0.05, 0) is 23.3 Å². The molecule has 1 aromatic heterocycles. The van der Waals surface area contributed by atoms with Crippen LogP contribution >= 0.6 is 7.14 Å². The molecule has 0 fully saturated rings. The molecule has 118 valence electrons. The van der Waals surface area contributed by atoms with E-state index in [1.807, 2.05) is 60.7 Å². The molecule has 0 bridgehead atoms. The third kappa shape index (κ3) is 3.82. The van der Waals surface area contributed by atoms with Crippen molar-refractivity contribution in [1.29, 1.82) is 0 Å². The van der Waals surface area contributed by atoms with Crippen LogP contribution in [0, 0.1) is 0 Å². The van der Waals surface area contributed by atoms with Crippen LogP contribution in [0.25, 0.3) is 0 Å². The molecule has 1 unspecified atom stereocenters. The molecular weight excluding hydrogens is 307 g/mol. The van der Waals surface area contributed by atoms with Crippen LogP contribution in [0.3, 0.4) is 0 Å². The molecule has 1 N–H and O–H groups in total. The number of aliphatic hydroxyl groups excluding tert-OH is 1. The maximum atomic E-state index is 13.6. The molecule has 0 radical (unpaired) electrons. The molecule has 0 spiro atoms. The lowest BCUT2D eigenvalue weighted by atomic mass is 10.2. The first-order valence-electron chi connectivity index (χ1n) is 7.54. The second-order valence-electron chi connectivity index (χ2n) is 5.63. The minimum atomic E-state index is -2.98. The van der Waals surface area contributed by atoms with Gasteiger partial charge in [0.25, 0.3) is 0 Å². The smallest absolute Gasteiger partial charge is 0.165 e. The van der Waals surface area contributed by atoms with Crippen LogP contribution in [0.1, 0.15) is 22.7 Å². The normalized spacial score (nSPS) is 12.9. The Hall–Kier alpha value is -2.09. The first-order valence-corrected chi connectivity index (χ1v) is 9.69. The van der Waals surface area contributed by atoms with Gasteiger partial charge in [0.2, 0.25) is 0 Å². The summed E-state index contributed by atoms with van der Waals surface area (Å²) in [6.45, 7) is 0. The van der Waals surface area contributed by atoms with E-state index in [0.717, 1.165) is 11.1 Å². The van der Waals surface area contributed by atoms with Crippen molar-refractivity contribution >= 4 is 7.14 Å². The zero-order valence-electron chi connectivity index (χ0n) is 12.7. The molecule has 1 atom stereocenters. The van der Waals surface area contributed by atoms with Gasteiger partial charge in [0, 0.05) is 12.3 Å². The molecular formula is C19H19O3P. The minimum absolute atomic E-state index is 0.338. The van der Waals surface area contributed by atoms with Gasteiger partial charge in [-0.3, -0.25) is 0 Å². The molecule has 0 saturated carbocycles. The Bertz CT molecular complexity index is 721. The average molecular weight is 326 g/mol. The fourth-order valence-electron chi connectivity index (χ4n) is 2.68. The van der Waals surface area contributed by atoms with Gasteiger partial charge in [-0.1, -0.05) is 60.7 Å². The van der Waals surface area contributed by atoms with Crippen LogP contribution in [0.2, 0.25) is 0 Å². The lowest BCUT2D eigenvalue weighted by Gasteiger charge is -2.23. The highest BCUT2D eigenvalue weighted by Crippen LogP contribution is 2.62. The number of furan rings is 1. The van der Waals surface area contributed by atoms with Gasteiger partial charge in [0.1, 0.15) is 12.9 Å². The van der Waals surface area contributed by atoms with E-state index >= 15 is 0 Å². The van der Waals surface area contributed by atoms with Crippen LogP contribution in [-0.2, 0) is 16.9 Å². The summed E-state index contributed by atoms with van der Waals surface area (Å²) in [6, 6.07) is 22.6. The quantitative estimate of drug-likeness (QED) is 0.646. The van der Waals surface area contributed by atoms with Gasteiger partial charge in [0.05, 0.1) is 6.26 Å². The Kier molecular flexibility index (Phi) is 4.80. The monoisotopic (exact) mass is 326 g/mol. The third-order valence-corrected chi connectivity index (χ3v) is 6.78. The molecule has 1 heterocycles. The molecule has 2 aromatic carbocycles. The van der Waals surface area contributed by atoms with Crippen molar-refractivity contribution in [1.82, 2.24) is 0 Å². The van der Waals surface area contributed by atoms with Crippen LogP contribution in [0.15, 0.2) is 83.5 Å². The lowest BCUT2D eigenvalue weighted by molar-refractivity contribution is 0.220. The van der Waals surface area contributed by atoms with Crippen LogP contribution in [0.4, 0.5) is 0 Å². The van der Waals surface area contributed by atoms with E-state index in [-0.39, 0.29) is 0 Å². The number of hydrogen-bond acceptors (Lipinski definition) is 3. The molecule has 4 heteroatoms. The molecule has 0 amide bonds. The van der Waals surface area contributed by atoms with E-state index in [9.17, 15) is 9.67 Å². The summed E-state index contributed by atoms with van der Waals surface area (Å²) >= 11 is 0. The second kappa shape index (κ2) is 6.99. The Labute approximate surface area is 136 Å². The zero-order valence-corrected chi connectivity index (χ0v) is 13.6. The molecule has 0 saturated heterocycles. The van der Waals surface area contributed by atoms with Gasteiger partial charge in [-0.15, -0.1) is 0 Å². The van der Waals surface area contributed by atoms with Gasteiger partial charge < -0.3 is 14.1 Å². The highest BCUT2D eigenvalue weighted by Gasteiger charge is 2.35. The zero-order chi connectivity index (χ0) is 16.1. The topological polar surface area (TPSA) is 50.4 Å². The summed E-state index contributed by atoms with van der Waals surface area (Å²) in [5.74, 6) is -0.738. The number of rotatable bonds is 6. The number of hydrogen-bond donors (Lipinski definition) is 1. The van der Waals surface area contributed by atoms with Crippen molar-refractivity contribution in [2.24, 2.45) is 0 Å². The van der Waals surface area contributed by atoms with Gasteiger partial charge >= 0.3 is 0 Å². The van der Waals surface area contributed by atoms with E-state index in [1.54, 1.807) is 12.1 Å². The van der Waals surface area contributed by atoms with Crippen LogP contribution in [-0.4, -0.2) is 5.11 Å². The van der Waals surface area contributed by atoms with Crippen molar-refractivity contribution in [2.75, 3.05) is 0 Å². The fraction of sp³-hybridized carbons (Fsp3) is 0.158.